The minimum absolute atomic E-state index is 0.0371. The number of carbonyl (C=O) groups excluding carboxylic acids is 2. The fraction of sp³-hybridized carbons (Fsp3) is 0.261. The van der Waals surface area contributed by atoms with Crippen molar-refractivity contribution in [3.05, 3.63) is 78.2 Å². The summed E-state index contributed by atoms with van der Waals surface area (Å²) in [5.74, 6) is -0.292. The molecule has 0 saturated heterocycles. The predicted octanol–water partition coefficient (Wildman–Crippen LogP) is 5.68. The number of aromatic nitrogens is 2. The lowest BCUT2D eigenvalue weighted by molar-refractivity contribution is -0.0760. The number of hydrogen-bond acceptors (Lipinski definition) is 5. The van der Waals surface area contributed by atoms with Crippen molar-refractivity contribution in [2.24, 2.45) is 0 Å². The second-order valence-corrected chi connectivity index (χ2v) is 7.77. The number of hydroxylamine groups is 2. The maximum Gasteiger partial charge on any atom is 0.436 e. The van der Waals surface area contributed by atoms with Crippen LogP contribution in [0.15, 0.2) is 67.5 Å². The Labute approximate surface area is 186 Å². The van der Waals surface area contributed by atoms with E-state index in [4.69, 9.17) is 21.2 Å². The van der Waals surface area contributed by atoms with Crippen LogP contribution in [0.4, 0.5) is 4.79 Å². The van der Waals surface area contributed by atoms with E-state index in [-0.39, 0.29) is 12.2 Å². The molecule has 0 N–H and O–H groups in total. The van der Waals surface area contributed by atoms with E-state index in [2.05, 4.69) is 31.4 Å². The van der Waals surface area contributed by atoms with Crippen LogP contribution in [0.5, 0.6) is 0 Å². The first-order chi connectivity index (χ1) is 14.4. The summed E-state index contributed by atoms with van der Waals surface area (Å²) >= 11 is 6.14. The first-order valence-electron chi connectivity index (χ1n) is 9.42. The highest BCUT2D eigenvalue weighted by molar-refractivity contribution is 6.31. The van der Waals surface area contributed by atoms with Crippen molar-refractivity contribution in [1.29, 1.82) is 0 Å². The average Bonchev–Trinajstić information content (AvgIpc) is 3.05. The van der Waals surface area contributed by atoms with Gasteiger partial charge in [-0.3, -0.25) is 4.79 Å². The van der Waals surface area contributed by atoms with Gasteiger partial charge in [-0.1, -0.05) is 37.4 Å². The van der Waals surface area contributed by atoms with Gasteiger partial charge in [0.05, 0.1) is 12.1 Å². The van der Waals surface area contributed by atoms with E-state index < -0.39 is 17.6 Å². The van der Waals surface area contributed by atoms with E-state index in [1.165, 1.54) is 6.08 Å². The van der Waals surface area contributed by atoms with Gasteiger partial charge in [0.1, 0.15) is 5.76 Å². The molecule has 0 atom stereocenters. The van der Waals surface area contributed by atoms with Crippen molar-refractivity contribution in [3.8, 4) is 0 Å². The van der Waals surface area contributed by atoms with E-state index in [1.54, 1.807) is 45.9 Å². The minimum atomic E-state index is -1.11. The number of allylic oxidation sites excluding steroid dienone is 1. The number of halogens is 1. The molecule has 1 aromatic heterocycles. The number of amides is 1. The van der Waals surface area contributed by atoms with Crippen LogP contribution in [-0.4, -0.2) is 39.0 Å². The molecule has 0 spiro atoms. The fourth-order valence-corrected chi connectivity index (χ4v) is 2.90. The Morgan fingerprint density at radius 1 is 1.23 bits per heavy atom. The monoisotopic (exact) mass is 443 g/mol. The van der Waals surface area contributed by atoms with Crippen molar-refractivity contribution >= 4 is 34.5 Å². The Hall–Kier alpha value is -3.32. The first-order valence-corrected chi connectivity index (χ1v) is 9.80. The second-order valence-electron chi connectivity index (χ2n) is 7.33. The fourth-order valence-electron chi connectivity index (χ4n) is 2.73. The van der Waals surface area contributed by atoms with Crippen LogP contribution in [0.1, 0.15) is 38.2 Å². The molecule has 1 amide bonds. The Balaban J connectivity index is 2.60. The quantitative estimate of drug-likeness (QED) is 0.298. The van der Waals surface area contributed by atoms with Gasteiger partial charge in [-0.25, -0.2) is 4.79 Å². The van der Waals surface area contributed by atoms with E-state index in [0.29, 0.717) is 32.8 Å². The van der Waals surface area contributed by atoms with Gasteiger partial charge < -0.3 is 9.57 Å². The van der Waals surface area contributed by atoms with Crippen LogP contribution in [0.3, 0.4) is 0 Å². The van der Waals surface area contributed by atoms with Gasteiger partial charge in [-0.15, -0.1) is 6.58 Å². The standard InChI is InChI=1S/C23H26ClN3O4/c1-9-12-26(31-16(6)7)21(28)20-18-13-17(24)10-11-19(18)27(25-20)22(29)30-23(8,14(2)3)15(4)5/h9-11,13H,1-2,4,6,12H2,3,5,7-8H3. The largest absolute Gasteiger partial charge is 0.436 e. The number of ether oxygens (including phenoxy) is 1. The zero-order chi connectivity index (χ0) is 23.5. The number of benzene rings is 1. The summed E-state index contributed by atoms with van der Waals surface area (Å²) in [4.78, 5) is 31.6. The maximum absolute atomic E-state index is 13.1. The molecule has 1 aromatic carbocycles. The van der Waals surface area contributed by atoms with Crippen LogP contribution in [0.25, 0.3) is 10.9 Å². The van der Waals surface area contributed by atoms with Gasteiger partial charge in [0.25, 0.3) is 0 Å². The number of hydrogen-bond donors (Lipinski definition) is 0. The molecule has 0 radical (unpaired) electrons. The molecule has 31 heavy (non-hydrogen) atoms. The van der Waals surface area contributed by atoms with Gasteiger partial charge >= 0.3 is 12.0 Å². The molecule has 164 valence electrons. The highest BCUT2D eigenvalue weighted by Crippen LogP contribution is 2.30. The topological polar surface area (TPSA) is 73.7 Å². The van der Waals surface area contributed by atoms with Crippen molar-refractivity contribution in [3.63, 3.8) is 0 Å². The Morgan fingerprint density at radius 3 is 2.35 bits per heavy atom. The van der Waals surface area contributed by atoms with Gasteiger partial charge in [0.15, 0.2) is 11.3 Å². The molecule has 0 fully saturated rings. The molecule has 2 aromatic rings. The SMILES string of the molecule is C=CCN(OC(=C)C)C(=O)c1nn(C(=O)OC(C)(C(=C)C)C(=C)C)c2ccc(Cl)cc12. The summed E-state index contributed by atoms with van der Waals surface area (Å²) in [6, 6.07) is 4.72. The van der Waals surface area contributed by atoms with Crippen LogP contribution in [0, 0.1) is 0 Å². The van der Waals surface area contributed by atoms with Crippen LogP contribution in [0.2, 0.25) is 5.02 Å². The lowest BCUT2D eigenvalue weighted by Crippen LogP contribution is -2.36. The molecule has 0 bridgehead atoms. The van der Waals surface area contributed by atoms with Crippen molar-refractivity contribution in [2.75, 3.05) is 6.54 Å². The Kier molecular flexibility index (Phi) is 7.13. The highest BCUT2D eigenvalue weighted by Gasteiger charge is 2.33. The summed E-state index contributed by atoms with van der Waals surface area (Å²) in [5, 5.41) is 6.01. The third kappa shape index (κ3) is 4.88. The third-order valence-corrected chi connectivity index (χ3v) is 4.96. The first kappa shape index (κ1) is 24.0. The van der Waals surface area contributed by atoms with Crippen LogP contribution < -0.4 is 0 Å². The molecule has 0 saturated carbocycles. The number of rotatable bonds is 8. The molecular formula is C23H26ClN3O4. The molecule has 2 rings (SSSR count). The molecule has 1 heterocycles. The van der Waals surface area contributed by atoms with E-state index in [1.807, 2.05) is 0 Å². The Morgan fingerprint density at radius 2 is 1.84 bits per heavy atom. The normalized spacial score (nSPS) is 11.0. The smallest absolute Gasteiger partial charge is 0.432 e. The molecule has 0 aliphatic carbocycles. The molecule has 0 aliphatic heterocycles. The zero-order valence-electron chi connectivity index (χ0n) is 18.2. The van der Waals surface area contributed by atoms with Gasteiger partial charge in [-0.2, -0.15) is 14.8 Å². The zero-order valence-corrected chi connectivity index (χ0v) is 19.0. The third-order valence-electron chi connectivity index (χ3n) is 4.73. The van der Waals surface area contributed by atoms with Crippen molar-refractivity contribution < 1.29 is 19.2 Å². The summed E-state index contributed by atoms with van der Waals surface area (Å²) in [5.41, 5.74) is 0.388. The molecule has 8 heteroatoms. The average molecular weight is 444 g/mol. The summed E-state index contributed by atoms with van der Waals surface area (Å²) in [6.07, 6.45) is 0.697. The summed E-state index contributed by atoms with van der Waals surface area (Å²) in [6.45, 7) is 21.9. The molecule has 0 unspecified atom stereocenters. The predicted molar refractivity (Wildman–Crippen MR) is 122 cm³/mol. The molecule has 7 nitrogen and oxygen atoms in total. The number of carbonyl (C=O) groups is 2. The van der Waals surface area contributed by atoms with Crippen LogP contribution >= 0.6 is 11.6 Å². The van der Waals surface area contributed by atoms with Crippen LogP contribution in [-0.2, 0) is 9.57 Å². The van der Waals surface area contributed by atoms with Gasteiger partial charge in [0, 0.05) is 10.4 Å². The number of fused-ring (bicyclic) bond motifs is 1. The van der Waals surface area contributed by atoms with E-state index >= 15 is 0 Å². The van der Waals surface area contributed by atoms with Gasteiger partial charge in [-0.05, 0) is 57.0 Å². The summed E-state index contributed by atoms with van der Waals surface area (Å²) < 4.78 is 6.70. The minimum Gasteiger partial charge on any atom is -0.432 e. The maximum atomic E-state index is 13.1. The Bertz CT molecular complexity index is 1090. The van der Waals surface area contributed by atoms with E-state index in [9.17, 15) is 9.59 Å². The highest BCUT2D eigenvalue weighted by atomic mass is 35.5. The molecule has 0 aliphatic rings. The van der Waals surface area contributed by atoms with Crippen molar-refractivity contribution in [2.45, 2.75) is 33.3 Å². The lowest BCUT2D eigenvalue weighted by Gasteiger charge is -2.30. The van der Waals surface area contributed by atoms with Gasteiger partial charge in [0.2, 0.25) is 0 Å². The van der Waals surface area contributed by atoms with Crippen molar-refractivity contribution in [1.82, 2.24) is 14.8 Å². The van der Waals surface area contributed by atoms with E-state index in [0.717, 1.165) is 9.75 Å². The molecular weight excluding hydrogens is 418 g/mol. The summed E-state index contributed by atoms with van der Waals surface area (Å²) in [7, 11) is 0. The second kappa shape index (κ2) is 9.22. The number of nitrogens with zero attached hydrogens (tertiary/aromatic N) is 3. The lowest BCUT2D eigenvalue weighted by atomic mass is 9.91.